The number of hydrogen-bond acceptors (Lipinski definition) is 8. The molecule has 2 atom stereocenters. The molecule has 2 aromatic rings. The number of anilines is 2. The van der Waals surface area contributed by atoms with E-state index < -0.39 is 22.7 Å². The second-order valence-electron chi connectivity index (χ2n) is 15.5. The van der Waals surface area contributed by atoms with Crippen LogP contribution in [0.5, 0.6) is 0 Å². The van der Waals surface area contributed by atoms with E-state index in [1.165, 1.54) is 0 Å². The summed E-state index contributed by atoms with van der Waals surface area (Å²) in [5, 5.41) is 5.58. The zero-order chi connectivity index (χ0) is 35.6. The lowest BCUT2D eigenvalue weighted by atomic mass is 10.1. The number of halogens is 4. The molecule has 0 spiro atoms. The smallest absolute Gasteiger partial charge is 0.256 e. The minimum atomic E-state index is -2.56. The van der Waals surface area contributed by atoms with Crippen molar-refractivity contribution < 1.29 is 36.6 Å². The van der Waals surface area contributed by atoms with Crippen molar-refractivity contribution in [2.24, 2.45) is 10.8 Å². The van der Waals surface area contributed by atoms with Crippen molar-refractivity contribution in [3.05, 3.63) is 45.8 Å². The first-order valence-corrected chi connectivity index (χ1v) is 17.6. The van der Waals surface area contributed by atoms with Crippen molar-refractivity contribution in [2.75, 3.05) is 49.2 Å². The van der Waals surface area contributed by atoms with Crippen LogP contribution in [0, 0.1) is 24.7 Å². The maximum absolute atomic E-state index is 13.3. The lowest BCUT2D eigenvalue weighted by Crippen LogP contribution is -2.38. The Morgan fingerprint density at radius 2 is 1.04 bits per heavy atom. The van der Waals surface area contributed by atoms with Gasteiger partial charge in [-0.15, -0.1) is 0 Å². The molecule has 50 heavy (non-hydrogen) atoms. The monoisotopic (exact) mass is 702 g/mol. The van der Waals surface area contributed by atoms with Gasteiger partial charge in [-0.2, -0.15) is 0 Å². The molecule has 0 unspecified atom stereocenters. The molecule has 2 aliphatic carbocycles. The molecule has 4 fully saturated rings. The van der Waals surface area contributed by atoms with Gasteiger partial charge in [0.05, 0.1) is 71.9 Å². The molecule has 0 radical (unpaired) electrons. The number of rotatable bonds is 8. The predicted molar refractivity (Wildman–Crippen MR) is 178 cm³/mol. The number of aromatic nitrogens is 2. The quantitative estimate of drug-likeness (QED) is 0.356. The molecule has 0 aromatic carbocycles. The van der Waals surface area contributed by atoms with E-state index in [9.17, 15) is 27.2 Å². The Morgan fingerprint density at radius 3 is 1.36 bits per heavy atom. The summed E-state index contributed by atoms with van der Waals surface area (Å²) in [6.07, 6.45) is 3.14. The van der Waals surface area contributed by atoms with E-state index in [2.05, 4.69) is 30.4 Å². The Labute approximate surface area is 289 Å². The topological polar surface area (TPSA) is 109 Å². The molecule has 8 rings (SSSR count). The number of carbonyl (C=O) groups is 2. The molecule has 2 amide bonds. The summed E-state index contributed by atoms with van der Waals surface area (Å²) in [7, 11) is 0. The third-order valence-electron chi connectivity index (χ3n) is 11.4. The molecule has 10 nitrogen and oxygen atoms in total. The van der Waals surface area contributed by atoms with Crippen molar-refractivity contribution >= 4 is 23.5 Å². The highest BCUT2D eigenvalue weighted by Gasteiger charge is 2.68. The van der Waals surface area contributed by atoms with Crippen LogP contribution in [0.1, 0.15) is 95.6 Å². The van der Waals surface area contributed by atoms with E-state index in [1.807, 2.05) is 26.0 Å². The van der Waals surface area contributed by atoms with Crippen LogP contribution in [-0.2, 0) is 22.6 Å². The fraction of sp³-hybridized carbons (Fsp3) is 0.667. The number of nitrogens with one attached hydrogen (secondary N) is 2. The highest BCUT2D eigenvalue weighted by molar-refractivity contribution is 5.98. The summed E-state index contributed by atoms with van der Waals surface area (Å²) >= 11 is 0. The van der Waals surface area contributed by atoms with Crippen LogP contribution in [0.25, 0.3) is 0 Å². The van der Waals surface area contributed by atoms with Gasteiger partial charge >= 0.3 is 0 Å². The van der Waals surface area contributed by atoms with Crippen molar-refractivity contribution in [3.8, 4) is 0 Å². The van der Waals surface area contributed by atoms with Gasteiger partial charge in [0, 0.05) is 39.0 Å². The van der Waals surface area contributed by atoms with Gasteiger partial charge in [-0.05, 0) is 62.8 Å². The molecule has 272 valence electrons. The summed E-state index contributed by atoms with van der Waals surface area (Å²) in [6, 6.07) is 3.80. The van der Waals surface area contributed by atoms with Crippen LogP contribution in [0.4, 0.5) is 29.2 Å². The summed E-state index contributed by atoms with van der Waals surface area (Å²) in [5.74, 6) is -3.43. The molecule has 6 heterocycles. The van der Waals surface area contributed by atoms with Crippen LogP contribution in [0.15, 0.2) is 12.1 Å². The third kappa shape index (κ3) is 6.65. The average Bonchev–Trinajstić information content (AvgIpc) is 3.56. The number of nitrogens with zero attached hydrogens (tertiary/aromatic N) is 4. The number of piperidine rings is 2. The molecule has 0 bridgehead atoms. The Bertz CT molecular complexity index is 1550. The number of alkyl halides is 4. The first-order valence-electron chi connectivity index (χ1n) is 17.6. The molecule has 2 saturated carbocycles. The minimum absolute atomic E-state index is 0.0300. The largest absolute Gasteiger partial charge is 0.377 e. The van der Waals surface area contributed by atoms with E-state index >= 15 is 0 Å². The van der Waals surface area contributed by atoms with Crippen LogP contribution < -0.4 is 20.4 Å². The summed E-state index contributed by atoms with van der Waals surface area (Å²) in [6.45, 7) is 11.5. The summed E-state index contributed by atoms with van der Waals surface area (Å²) < 4.78 is 64.6. The molecular formula is C36H46F4N6O4. The normalized spacial score (nSPS) is 28.0. The van der Waals surface area contributed by atoms with Gasteiger partial charge < -0.3 is 29.9 Å². The Balaban J connectivity index is 0.000000157. The van der Waals surface area contributed by atoms with Crippen molar-refractivity contribution in [2.45, 2.75) is 103 Å². The average molecular weight is 703 g/mol. The molecule has 2 saturated heterocycles. The number of aryl methyl sites for hydroxylation is 2. The van der Waals surface area contributed by atoms with Crippen molar-refractivity contribution in [1.29, 1.82) is 0 Å². The summed E-state index contributed by atoms with van der Waals surface area (Å²) in [4.78, 5) is 37.2. The zero-order valence-corrected chi connectivity index (χ0v) is 29.1. The number of amides is 2. The third-order valence-corrected chi connectivity index (χ3v) is 11.4. The SMILES string of the molecule is Cc1cc2c(nc1N1CCC(OC[C@@]3(C)CC3(F)F)CC1)CNC2=O.Cc1cc2c(nc1N1CCC(OC[C@]3(C)CC3(F)F)CC1)CNC2=O. The molecule has 14 heteroatoms. The number of hydrogen-bond donors (Lipinski definition) is 2. The van der Waals surface area contributed by atoms with Gasteiger partial charge in [0.25, 0.3) is 23.7 Å². The number of carbonyl (C=O) groups excluding carboxylic acids is 2. The van der Waals surface area contributed by atoms with Gasteiger partial charge in [0.2, 0.25) is 0 Å². The molecular weight excluding hydrogens is 656 g/mol. The fourth-order valence-corrected chi connectivity index (χ4v) is 7.38. The second kappa shape index (κ2) is 12.6. The standard InChI is InChI=1S/2C18H23F2N3O2/c2*1-11-7-13-14(8-21-16(13)24)22-15(11)23-5-3-12(4-6-23)25-10-17(2)9-18(17,19)20/h2*7,12H,3-6,8-10H2,1-2H3,(H,21,24)/t2*17-/m10/s1. The fourth-order valence-electron chi connectivity index (χ4n) is 7.38. The lowest BCUT2D eigenvalue weighted by molar-refractivity contribution is -0.0248. The molecule has 2 N–H and O–H groups in total. The Kier molecular flexibility index (Phi) is 8.80. The number of ether oxygens (including phenoxy) is 2. The predicted octanol–water partition coefficient (Wildman–Crippen LogP) is 5.33. The van der Waals surface area contributed by atoms with Gasteiger partial charge in [-0.3, -0.25) is 9.59 Å². The maximum atomic E-state index is 13.3. The summed E-state index contributed by atoms with van der Waals surface area (Å²) in [5.41, 5.74) is 2.96. The maximum Gasteiger partial charge on any atom is 0.256 e. The lowest BCUT2D eigenvalue weighted by Gasteiger charge is -2.34. The van der Waals surface area contributed by atoms with Crippen molar-refractivity contribution in [1.82, 2.24) is 20.6 Å². The highest BCUT2D eigenvalue weighted by atomic mass is 19.3. The first-order chi connectivity index (χ1) is 23.6. The van der Waals surface area contributed by atoms with E-state index in [0.717, 1.165) is 86.0 Å². The zero-order valence-electron chi connectivity index (χ0n) is 29.1. The molecule has 6 aliphatic rings. The molecule has 2 aromatic heterocycles. The van der Waals surface area contributed by atoms with Gasteiger partial charge in [0.15, 0.2) is 0 Å². The number of pyridine rings is 2. The van der Waals surface area contributed by atoms with Crippen LogP contribution in [-0.4, -0.2) is 85.2 Å². The van der Waals surface area contributed by atoms with E-state index in [0.29, 0.717) is 24.2 Å². The minimum Gasteiger partial charge on any atom is -0.377 e. The van der Waals surface area contributed by atoms with Crippen LogP contribution in [0.2, 0.25) is 0 Å². The Morgan fingerprint density at radius 1 is 0.700 bits per heavy atom. The molecule has 4 aliphatic heterocycles. The van der Waals surface area contributed by atoms with Gasteiger partial charge in [-0.1, -0.05) is 13.8 Å². The van der Waals surface area contributed by atoms with E-state index in [-0.39, 0.29) is 50.1 Å². The van der Waals surface area contributed by atoms with Crippen LogP contribution in [0.3, 0.4) is 0 Å². The van der Waals surface area contributed by atoms with Crippen molar-refractivity contribution in [3.63, 3.8) is 0 Å². The van der Waals surface area contributed by atoms with E-state index in [1.54, 1.807) is 13.8 Å². The first kappa shape index (κ1) is 34.9. The number of fused-ring (bicyclic) bond motifs is 2. The highest BCUT2D eigenvalue weighted by Crippen LogP contribution is 2.61. The Hall–Kier alpha value is -3.52. The second-order valence-corrected chi connectivity index (χ2v) is 15.5. The van der Waals surface area contributed by atoms with Crippen LogP contribution >= 0.6 is 0 Å². The van der Waals surface area contributed by atoms with Gasteiger partial charge in [0.1, 0.15) is 11.6 Å². The van der Waals surface area contributed by atoms with Gasteiger partial charge in [-0.25, -0.2) is 27.5 Å². The van der Waals surface area contributed by atoms with E-state index in [4.69, 9.17) is 9.47 Å².